The Kier molecular flexibility index (Phi) is 3.87. The topological polar surface area (TPSA) is 77.1 Å². The Hall–Kier alpha value is -3.69. The van der Waals surface area contributed by atoms with E-state index < -0.39 is 17.6 Å². The maximum Gasteiger partial charge on any atom is 0.416 e. The van der Waals surface area contributed by atoms with Gasteiger partial charge in [-0.15, -0.1) is 0 Å². The Morgan fingerprint density at radius 3 is 2.74 bits per heavy atom. The highest BCUT2D eigenvalue weighted by Crippen LogP contribution is 2.30. The number of halogens is 3. The fraction of sp³-hybridized carbons (Fsp3) is 0.0588. The SMILES string of the molecule is O=C(Nc1ccnn1-c1cccc(C(F)(F)F)c1)c1cnn2cccnc12. The number of amides is 1. The summed E-state index contributed by atoms with van der Waals surface area (Å²) in [6.07, 6.45) is 1.44. The standard InChI is InChI=1S/C17H11F3N6O/c18-17(19,20)11-3-1-4-12(9-11)26-14(5-7-22-26)24-16(27)13-10-23-25-8-2-6-21-15(13)25/h1-10H,(H,24,27). The molecule has 1 N–H and O–H groups in total. The van der Waals surface area contributed by atoms with Crippen LogP contribution in [0.1, 0.15) is 15.9 Å². The summed E-state index contributed by atoms with van der Waals surface area (Å²) in [4.78, 5) is 16.7. The first-order valence-electron chi connectivity index (χ1n) is 7.75. The van der Waals surface area contributed by atoms with Crippen molar-refractivity contribution in [1.29, 1.82) is 0 Å². The van der Waals surface area contributed by atoms with Gasteiger partial charge in [0.15, 0.2) is 5.65 Å². The molecule has 0 aliphatic heterocycles. The molecule has 10 heteroatoms. The van der Waals surface area contributed by atoms with E-state index in [0.29, 0.717) is 5.65 Å². The number of fused-ring (bicyclic) bond motifs is 1. The number of nitrogens with zero attached hydrogens (tertiary/aromatic N) is 5. The number of carbonyl (C=O) groups is 1. The minimum absolute atomic E-state index is 0.170. The number of anilines is 1. The third-order valence-corrected chi connectivity index (χ3v) is 3.83. The van der Waals surface area contributed by atoms with Crippen molar-refractivity contribution in [1.82, 2.24) is 24.4 Å². The van der Waals surface area contributed by atoms with Crippen LogP contribution in [-0.2, 0) is 6.18 Å². The molecular weight excluding hydrogens is 361 g/mol. The molecule has 1 amide bonds. The summed E-state index contributed by atoms with van der Waals surface area (Å²) in [6.45, 7) is 0. The molecule has 3 heterocycles. The molecule has 0 aliphatic carbocycles. The van der Waals surface area contributed by atoms with E-state index in [4.69, 9.17) is 0 Å². The zero-order chi connectivity index (χ0) is 19.0. The second-order valence-corrected chi connectivity index (χ2v) is 5.58. The van der Waals surface area contributed by atoms with Gasteiger partial charge < -0.3 is 5.32 Å². The first-order chi connectivity index (χ1) is 12.9. The highest BCUT2D eigenvalue weighted by Gasteiger charge is 2.30. The van der Waals surface area contributed by atoms with Gasteiger partial charge in [-0.05, 0) is 24.3 Å². The van der Waals surface area contributed by atoms with Gasteiger partial charge in [0.25, 0.3) is 5.91 Å². The predicted molar refractivity (Wildman–Crippen MR) is 89.5 cm³/mol. The maximum atomic E-state index is 12.9. The van der Waals surface area contributed by atoms with E-state index in [9.17, 15) is 18.0 Å². The van der Waals surface area contributed by atoms with Gasteiger partial charge in [-0.25, -0.2) is 14.2 Å². The molecule has 4 rings (SSSR count). The average Bonchev–Trinajstić information content (AvgIpc) is 3.28. The van der Waals surface area contributed by atoms with Crippen molar-refractivity contribution in [3.63, 3.8) is 0 Å². The first kappa shape index (κ1) is 16.8. The second-order valence-electron chi connectivity index (χ2n) is 5.58. The maximum absolute atomic E-state index is 12.9. The number of hydrogen-bond donors (Lipinski definition) is 1. The Bertz CT molecular complexity index is 1130. The summed E-state index contributed by atoms with van der Waals surface area (Å²) in [7, 11) is 0. The van der Waals surface area contributed by atoms with Crippen molar-refractivity contribution in [3.05, 3.63) is 72.3 Å². The number of aromatic nitrogens is 5. The molecule has 0 unspecified atom stereocenters. The quantitative estimate of drug-likeness (QED) is 0.599. The normalized spacial score (nSPS) is 11.7. The van der Waals surface area contributed by atoms with E-state index >= 15 is 0 Å². The van der Waals surface area contributed by atoms with E-state index in [1.807, 2.05) is 0 Å². The Balaban J connectivity index is 1.66. The summed E-state index contributed by atoms with van der Waals surface area (Å²) in [5, 5.41) is 10.7. The Labute approximate surface area is 150 Å². The van der Waals surface area contributed by atoms with Crippen LogP contribution < -0.4 is 5.32 Å². The molecule has 4 aromatic rings. The summed E-state index contributed by atoms with van der Waals surface area (Å²) in [6, 6.07) is 7.83. The number of hydrogen-bond acceptors (Lipinski definition) is 4. The van der Waals surface area contributed by atoms with Gasteiger partial charge in [-0.1, -0.05) is 6.07 Å². The molecule has 7 nitrogen and oxygen atoms in total. The van der Waals surface area contributed by atoms with Gasteiger partial charge in [-0.3, -0.25) is 4.79 Å². The van der Waals surface area contributed by atoms with E-state index in [2.05, 4.69) is 20.5 Å². The van der Waals surface area contributed by atoms with E-state index in [1.54, 1.807) is 12.3 Å². The van der Waals surface area contributed by atoms with Crippen molar-refractivity contribution in [2.75, 3.05) is 5.32 Å². The fourth-order valence-corrected chi connectivity index (χ4v) is 2.59. The number of rotatable bonds is 3. The van der Waals surface area contributed by atoms with Gasteiger partial charge in [0.2, 0.25) is 0 Å². The van der Waals surface area contributed by atoms with Crippen molar-refractivity contribution in [3.8, 4) is 5.69 Å². The smallest absolute Gasteiger partial charge is 0.306 e. The average molecular weight is 372 g/mol. The van der Waals surface area contributed by atoms with Crippen molar-refractivity contribution >= 4 is 17.4 Å². The molecule has 0 aliphatic rings. The molecule has 0 fully saturated rings. The summed E-state index contributed by atoms with van der Waals surface area (Å²) < 4.78 is 41.5. The number of carbonyl (C=O) groups excluding carboxylic acids is 1. The van der Waals surface area contributed by atoms with Crippen LogP contribution in [0.2, 0.25) is 0 Å². The Morgan fingerprint density at radius 2 is 1.93 bits per heavy atom. The van der Waals surface area contributed by atoms with E-state index in [-0.39, 0.29) is 17.1 Å². The van der Waals surface area contributed by atoms with Crippen LogP contribution in [0.3, 0.4) is 0 Å². The third kappa shape index (κ3) is 3.12. The van der Waals surface area contributed by atoms with Gasteiger partial charge in [0, 0.05) is 18.5 Å². The third-order valence-electron chi connectivity index (χ3n) is 3.83. The van der Waals surface area contributed by atoms with Gasteiger partial charge in [0.05, 0.1) is 23.6 Å². The van der Waals surface area contributed by atoms with Crippen molar-refractivity contribution < 1.29 is 18.0 Å². The Morgan fingerprint density at radius 1 is 1.07 bits per heavy atom. The van der Waals surface area contributed by atoms with E-state index in [1.165, 1.54) is 46.0 Å². The largest absolute Gasteiger partial charge is 0.416 e. The molecule has 0 radical (unpaired) electrons. The lowest BCUT2D eigenvalue weighted by atomic mass is 10.2. The predicted octanol–water partition coefficient (Wildman–Crippen LogP) is 3.19. The lowest BCUT2D eigenvalue weighted by Crippen LogP contribution is -2.15. The molecule has 27 heavy (non-hydrogen) atoms. The fourth-order valence-electron chi connectivity index (χ4n) is 2.59. The van der Waals surface area contributed by atoms with E-state index in [0.717, 1.165) is 12.1 Å². The van der Waals surface area contributed by atoms with Crippen LogP contribution in [0.5, 0.6) is 0 Å². The monoisotopic (exact) mass is 372 g/mol. The van der Waals surface area contributed by atoms with Crippen LogP contribution >= 0.6 is 0 Å². The zero-order valence-electron chi connectivity index (χ0n) is 13.6. The minimum atomic E-state index is -4.48. The van der Waals surface area contributed by atoms with Crippen LogP contribution in [-0.4, -0.2) is 30.3 Å². The zero-order valence-corrected chi connectivity index (χ0v) is 13.6. The lowest BCUT2D eigenvalue weighted by Gasteiger charge is -2.11. The number of alkyl halides is 3. The van der Waals surface area contributed by atoms with Crippen LogP contribution in [0, 0.1) is 0 Å². The molecule has 3 aromatic heterocycles. The first-order valence-corrected chi connectivity index (χ1v) is 7.75. The highest BCUT2D eigenvalue weighted by molar-refractivity contribution is 6.07. The summed E-state index contributed by atoms with van der Waals surface area (Å²) in [5.74, 6) is -0.285. The van der Waals surface area contributed by atoms with Crippen LogP contribution in [0.4, 0.5) is 19.0 Å². The van der Waals surface area contributed by atoms with Gasteiger partial charge in [-0.2, -0.15) is 23.4 Å². The summed E-state index contributed by atoms with van der Waals surface area (Å²) >= 11 is 0. The molecule has 0 spiro atoms. The van der Waals surface area contributed by atoms with Gasteiger partial charge in [0.1, 0.15) is 11.4 Å². The summed E-state index contributed by atoms with van der Waals surface area (Å²) in [5.41, 5.74) is -0.0461. The van der Waals surface area contributed by atoms with Crippen LogP contribution in [0.25, 0.3) is 11.3 Å². The second kappa shape index (κ2) is 6.24. The molecule has 1 aromatic carbocycles. The van der Waals surface area contributed by atoms with Crippen molar-refractivity contribution in [2.45, 2.75) is 6.18 Å². The number of nitrogens with one attached hydrogen (secondary N) is 1. The highest BCUT2D eigenvalue weighted by atomic mass is 19.4. The van der Waals surface area contributed by atoms with Crippen molar-refractivity contribution in [2.24, 2.45) is 0 Å². The van der Waals surface area contributed by atoms with Gasteiger partial charge >= 0.3 is 6.18 Å². The molecule has 0 saturated carbocycles. The molecule has 0 saturated heterocycles. The molecular formula is C17H11F3N6O. The molecule has 0 bridgehead atoms. The molecule has 0 atom stereocenters. The number of benzene rings is 1. The minimum Gasteiger partial charge on any atom is -0.306 e. The van der Waals surface area contributed by atoms with Crippen LogP contribution in [0.15, 0.2) is 61.2 Å². The molecule has 136 valence electrons. The lowest BCUT2D eigenvalue weighted by molar-refractivity contribution is -0.137.